The SMILES string of the molecule is Nc1ccc(F)c(NC(=O)COCCC2CCC2)c1. The van der Waals surface area contributed by atoms with Gasteiger partial charge in [0.05, 0.1) is 5.69 Å². The van der Waals surface area contributed by atoms with Crippen molar-refractivity contribution in [3.05, 3.63) is 24.0 Å². The summed E-state index contributed by atoms with van der Waals surface area (Å²) in [7, 11) is 0. The summed E-state index contributed by atoms with van der Waals surface area (Å²) in [6.45, 7) is 0.526. The molecule has 2 rings (SSSR count). The maximum absolute atomic E-state index is 13.4. The number of ether oxygens (including phenoxy) is 1. The molecule has 1 aromatic rings. The molecule has 0 spiro atoms. The Morgan fingerprint density at radius 1 is 1.47 bits per heavy atom. The first kappa shape index (κ1) is 13.8. The molecule has 0 radical (unpaired) electrons. The highest BCUT2D eigenvalue weighted by Crippen LogP contribution is 2.29. The molecule has 1 fully saturated rings. The summed E-state index contributed by atoms with van der Waals surface area (Å²) in [5.74, 6) is -0.107. The lowest BCUT2D eigenvalue weighted by Crippen LogP contribution is -2.21. The van der Waals surface area contributed by atoms with Crippen molar-refractivity contribution < 1.29 is 13.9 Å². The van der Waals surface area contributed by atoms with Crippen LogP contribution in [0.4, 0.5) is 15.8 Å². The van der Waals surface area contributed by atoms with Crippen molar-refractivity contribution in [2.75, 3.05) is 24.3 Å². The zero-order chi connectivity index (χ0) is 13.7. The molecule has 104 valence electrons. The van der Waals surface area contributed by atoms with Crippen LogP contribution in [0.1, 0.15) is 25.7 Å². The number of carbonyl (C=O) groups is 1. The predicted molar refractivity (Wildman–Crippen MR) is 72.2 cm³/mol. The standard InChI is InChI=1S/C14H19FN2O2/c15-12-5-4-11(16)8-13(12)17-14(18)9-19-7-6-10-2-1-3-10/h4-5,8,10H,1-3,6-7,9,16H2,(H,17,18). The van der Waals surface area contributed by atoms with Gasteiger partial charge in [-0.2, -0.15) is 0 Å². The molecule has 5 heteroatoms. The average molecular weight is 266 g/mol. The second kappa shape index (κ2) is 6.52. The van der Waals surface area contributed by atoms with E-state index in [1.54, 1.807) is 0 Å². The fourth-order valence-electron chi connectivity index (χ4n) is 2.02. The summed E-state index contributed by atoms with van der Waals surface area (Å²) < 4.78 is 18.6. The third-order valence-corrected chi connectivity index (χ3v) is 3.39. The van der Waals surface area contributed by atoms with Crippen molar-refractivity contribution in [1.29, 1.82) is 0 Å². The van der Waals surface area contributed by atoms with Gasteiger partial charge in [-0.15, -0.1) is 0 Å². The monoisotopic (exact) mass is 266 g/mol. The molecule has 0 aliphatic heterocycles. The minimum atomic E-state index is -0.503. The number of amides is 1. The van der Waals surface area contributed by atoms with Gasteiger partial charge in [0.1, 0.15) is 12.4 Å². The third-order valence-electron chi connectivity index (χ3n) is 3.39. The zero-order valence-corrected chi connectivity index (χ0v) is 10.8. The molecule has 0 heterocycles. The summed E-state index contributed by atoms with van der Waals surface area (Å²) >= 11 is 0. The molecule has 0 atom stereocenters. The molecule has 4 nitrogen and oxygen atoms in total. The number of nitrogens with one attached hydrogen (secondary N) is 1. The number of hydrogen-bond donors (Lipinski definition) is 2. The quantitative estimate of drug-likeness (QED) is 0.614. The average Bonchev–Trinajstić information content (AvgIpc) is 2.31. The van der Waals surface area contributed by atoms with E-state index in [1.807, 2.05) is 0 Å². The van der Waals surface area contributed by atoms with Crippen LogP contribution in [0, 0.1) is 11.7 Å². The highest BCUT2D eigenvalue weighted by atomic mass is 19.1. The third kappa shape index (κ3) is 4.21. The Morgan fingerprint density at radius 3 is 2.95 bits per heavy atom. The second-order valence-corrected chi connectivity index (χ2v) is 4.93. The molecule has 0 bridgehead atoms. The minimum absolute atomic E-state index is 0.0546. The Hall–Kier alpha value is -1.62. The normalized spacial score (nSPS) is 15.0. The predicted octanol–water partition coefficient (Wildman–Crippen LogP) is 2.55. The molecule has 0 unspecified atom stereocenters. The highest BCUT2D eigenvalue weighted by molar-refractivity contribution is 5.92. The van der Waals surface area contributed by atoms with E-state index in [-0.39, 0.29) is 18.2 Å². The zero-order valence-electron chi connectivity index (χ0n) is 10.8. The Kier molecular flexibility index (Phi) is 4.74. The lowest BCUT2D eigenvalue weighted by molar-refractivity contribution is -0.120. The first-order valence-electron chi connectivity index (χ1n) is 6.58. The number of nitrogens with two attached hydrogens (primary N) is 1. The van der Waals surface area contributed by atoms with E-state index < -0.39 is 5.82 Å². The van der Waals surface area contributed by atoms with Crippen LogP contribution in [0.25, 0.3) is 0 Å². The van der Waals surface area contributed by atoms with Crippen molar-refractivity contribution in [1.82, 2.24) is 0 Å². The summed E-state index contributed by atoms with van der Waals surface area (Å²) in [5.41, 5.74) is 6.03. The van der Waals surface area contributed by atoms with Crippen LogP contribution in [-0.4, -0.2) is 19.1 Å². The highest BCUT2D eigenvalue weighted by Gasteiger charge is 2.16. The van der Waals surface area contributed by atoms with Crippen LogP contribution in [-0.2, 0) is 9.53 Å². The summed E-state index contributed by atoms with van der Waals surface area (Å²) in [4.78, 5) is 11.6. The molecule has 1 aliphatic carbocycles. The van der Waals surface area contributed by atoms with E-state index >= 15 is 0 Å². The van der Waals surface area contributed by atoms with Crippen LogP contribution in [0.5, 0.6) is 0 Å². The number of rotatable bonds is 6. The maximum Gasteiger partial charge on any atom is 0.250 e. The Morgan fingerprint density at radius 2 is 2.26 bits per heavy atom. The van der Waals surface area contributed by atoms with Gasteiger partial charge in [0.2, 0.25) is 5.91 Å². The van der Waals surface area contributed by atoms with Gasteiger partial charge in [-0.05, 0) is 30.5 Å². The first-order chi connectivity index (χ1) is 9.15. The molecule has 0 aromatic heterocycles. The fraction of sp³-hybridized carbons (Fsp3) is 0.500. The van der Waals surface area contributed by atoms with Gasteiger partial charge >= 0.3 is 0 Å². The van der Waals surface area contributed by atoms with Crippen molar-refractivity contribution >= 4 is 17.3 Å². The van der Waals surface area contributed by atoms with Gasteiger partial charge < -0.3 is 15.8 Å². The summed E-state index contributed by atoms with van der Waals surface area (Å²) in [6.07, 6.45) is 4.84. The topological polar surface area (TPSA) is 64.3 Å². The number of nitrogen functional groups attached to an aromatic ring is 1. The van der Waals surface area contributed by atoms with Gasteiger partial charge in [0.15, 0.2) is 0 Å². The summed E-state index contributed by atoms with van der Waals surface area (Å²) in [6, 6.07) is 4.06. The smallest absolute Gasteiger partial charge is 0.250 e. The molecule has 3 N–H and O–H groups in total. The second-order valence-electron chi connectivity index (χ2n) is 4.93. The Balaban J connectivity index is 1.69. The lowest BCUT2D eigenvalue weighted by atomic mass is 9.83. The van der Waals surface area contributed by atoms with Gasteiger partial charge in [0, 0.05) is 12.3 Å². The molecular weight excluding hydrogens is 247 g/mol. The number of hydrogen-bond acceptors (Lipinski definition) is 3. The number of carbonyl (C=O) groups excluding carboxylic acids is 1. The first-order valence-corrected chi connectivity index (χ1v) is 6.58. The van der Waals surface area contributed by atoms with Crippen molar-refractivity contribution in [3.8, 4) is 0 Å². The Bertz CT molecular complexity index is 447. The van der Waals surface area contributed by atoms with Gasteiger partial charge in [0.25, 0.3) is 0 Å². The van der Waals surface area contributed by atoms with Gasteiger partial charge in [-0.25, -0.2) is 4.39 Å². The van der Waals surface area contributed by atoms with Crippen LogP contribution < -0.4 is 11.1 Å². The van der Waals surface area contributed by atoms with Crippen LogP contribution in [0.15, 0.2) is 18.2 Å². The molecule has 0 saturated heterocycles. The van der Waals surface area contributed by atoms with E-state index in [2.05, 4.69) is 5.32 Å². The van der Waals surface area contributed by atoms with Crippen LogP contribution in [0.3, 0.4) is 0 Å². The largest absolute Gasteiger partial charge is 0.399 e. The molecular formula is C14H19FN2O2. The van der Waals surface area contributed by atoms with Crippen molar-refractivity contribution in [3.63, 3.8) is 0 Å². The maximum atomic E-state index is 13.4. The van der Waals surface area contributed by atoms with Crippen molar-refractivity contribution in [2.45, 2.75) is 25.7 Å². The van der Waals surface area contributed by atoms with Gasteiger partial charge in [-0.1, -0.05) is 19.3 Å². The van der Waals surface area contributed by atoms with E-state index in [4.69, 9.17) is 10.5 Å². The molecule has 19 heavy (non-hydrogen) atoms. The molecule has 1 aliphatic rings. The number of benzene rings is 1. The van der Waals surface area contributed by atoms with E-state index in [0.717, 1.165) is 12.3 Å². The minimum Gasteiger partial charge on any atom is -0.399 e. The van der Waals surface area contributed by atoms with E-state index in [1.165, 1.54) is 37.5 Å². The van der Waals surface area contributed by atoms with E-state index in [9.17, 15) is 9.18 Å². The fourth-order valence-corrected chi connectivity index (χ4v) is 2.02. The Labute approximate surface area is 112 Å². The summed E-state index contributed by atoms with van der Waals surface area (Å²) in [5, 5.41) is 2.45. The van der Waals surface area contributed by atoms with Crippen LogP contribution >= 0.6 is 0 Å². The molecule has 1 amide bonds. The lowest BCUT2D eigenvalue weighted by Gasteiger charge is -2.24. The van der Waals surface area contributed by atoms with Gasteiger partial charge in [-0.3, -0.25) is 4.79 Å². The van der Waals surface area contributed by atoms with Crippen LogP contribution in [0.2, 0.25) is 0 Å². The number of halogens is 1. The molecule has 1 aromatic carbocycles. The number of anilines is 2. The van der Waals surface area contributed by atoms with Crippen molar-refractivity contribution in [2.24, 2.45) is 5.92 Å². The molecule has 1 saturated carbocycles. The van der Waals surface area contributed by atoms with E-state index in [0.29, 0.717) is 12.3 Å².